The van der Waals surface area contributed by atoms with Crippen LogP contribution in [0.3, 0.4) is 0 Å². The molecule has 1 aromatic rings. The monoisotopic (exact) mass is 291 g/mol. The second kappa shape index (κ2) is 5.08. The summed E-state index contributed by atoms with van der Waals surface area (Å²) >= 11 is 2.01. The number of nitrogens with zero attached hydrogens (tertiary/aromatic N) is 2. The van der Waals surface area contributed by atoms with Crippen LogP contribution in [0.5, 0.6) is 0 Å². The van der Waals surface area contributed by atoms with Gasteiger partial charge in [0.1, 0.15) is 5.01 Å². The molecule has 2 aliphatic carbocycles. The Hall–Kier alpha value is -0.450. The Morgan fingerprint density at radius 3 is 2.85 bits per heavy atom. The van der Waals surface area contributed by atoms with E-state index in [1.165, 1.54) is 68.6 Å². The number of hydrogen-bond acceptors (Lipinski definition) is 4. The molecule has 0 aromatic carbocycles. The normalized spacial score (nSPS) is 31.2. The van der Waals surface area contributed by atoms with Crippen LogP contribution in [-0.4, -0.2) is 36.1 Å². The largest absolute Gasteiger partial charge is 0.304 e. The lowest BCUT2D eigenvalue weighted by molar-refractivity contribution is 0.141. The van der Waals surface area contributed by atoms with Crippen molar-refractivity contribution in [1.82, 2.24) is 15.2 Å². The maximum Gasteiger partial charge on any atom is 0.115 e. The quantitative estimate of drug-likeness (QED) is 0.928. The molecular weight excluding hydrogens is 266 g/mol. The van der Waals surface area contributed by atoms with Crippen molar-refractivity contribution in [2.24, 2.45) is 0 Å². The molecule has 1 saturated heterocycles. The predicted octanol–water partition coefficient (Wildman–Crippen LogP) is 2.69. The van der Waals surface area contributed by atoms with Crippen molar-refractivity contribution < 1.29 is 0 Å². The molecule has 1 aromatic heterocycles. The Labute approximate surface area is 125 Å². The number of piperidine rings is 1. The summed E-state index contributed by atoms with van der Waals surface area (Å²) in [7, 11) is 2.26. The smallest absolute Gasteiger partial charge is 0.115 e. The first-order valence-corrected chi connectivity index (χ1v) is 9.02. The lowest BCUT2D eigenvalue weighted by atomic mass is 9.89. The van der Waals surface area contributed by atoms with E-state index in [2.05, 4.69) is 17.3 Å². The van der Waals surface area contributed by atoms with Gasteiger partial charge in [-0.3, -0.25) is 0 Å². The summed E-state index contributed by atoms with van der Waals surface area (Å²) in [5, 5.41) is 5.36. The van der Waals surface area contributed by atoms with Crippen LogP contribution in [0, 0.1) is 0 Å². The Balaban J connectivity index is 1.67. The van der Waals surface area contributed by atoms with Gasteiger partial charge in [-0.05, 0) is 65.0 Å². The van der Waals surface area contributed by atoms with Crippen molar-refractivity contribution in [2.75, 3.05) is 20.1 Å². The molecule has 1 atom stereocenters. The summed E-state index contributed by atoms with van der Waals surface area (Å²) in [5.41, 5.74) is 1.57. The van der Waals surface area contributed by atoms with Gasteiger partial charge in [-0.25, -0.2) is 4.98 Å². The summed E-state index contributed by atoms with van der Waals surface area (Å²) < 4.78 is 0. The Bertz CT molecular complexity index is 466. The molecule has 1 N–H and O–H groups in total. The average Bonchev–Trinajstić information content (AvgIpc) is 3.13. The lowest BCUT2D eigenvalue weighted by Gasteiger charge is -2.41. The number of hydrogen-bond donors (Lipinski definition) is 1. The van der Waals surface area contributed by atoms with Crippen LogP contribution in [0.2, 0.25) is 0 Å². The molecule has 2 heterocycles. The van der Waals surface area contributed by atoms with Crippen molar-refractivity contribution in [2.45, 2.75) is 62.9 Å². The van der Waals surface area contributed by atoms with Gasteiger partial charge in [-0.2, -0.15) is 0 Å². The maximum atomic E-state index is 5.09. The second-order valence-electron chi connectivity index (χ2n) is 6.94. The van der Waals surface area contributed by atoms with Crippen LogP contribution in [0.1, 0.15) is 54.1 Å². The third-order valence-electron chi connectivity index (χ3n) is 5.00. The molecule has 1 aliphatic heterocycles. The number of fused-ring (bicyclic) bond motifs is 1. The summed E-state index contributed by atoms with van der Waals surface area (Å²) in [6.45, 7) is 2.37. The molecule has 110 valence electrons. The number of nitrogens with one attached hydrogen (secondary N) is 1. The van der Waals surface area contributed by atoms with E-state index >= 15 is 0 Å². The van der Waals surface area contributed by atoms with Gasteiger partial charge < -0.3 is 10.2 Å². The van der Waals surface area contributed by atoms with Gasteiger partial charge in [-0.1, -0.05) is 0 Å². The number of thiazole rings is 1. The number of aromatic nitrogens is 1. The first-order chi connectivity index (χ1) is 9.75. The standard InChI is InChI=1S/C16H25N3S/c1-19-10-4-9-16(11-19,18-12-7-8-12)15-17-13-5-2-3-6-14(13)20-15/h12,18H,2-11H2,1H3. The third kappa shape index (κ3) is 2.42. The number of aryl methyl sites for hydroxylation is 2. The van der Waals surface area contributed by atoms with Gasteiger partial charge in [0.15, 0.2) is 0 Å². The molecule has 1 saturated carbocycles. The fourth-order valence-electron chi connectivity index (χ4n) is 3.80. The Morgan fingerprint density at radius 1 is 1.25 bits per heavy atom. The van der Waals surface area contributed by atoms with Crippen LogP contribution in [0.25, 0.3) is 0 Å². The lowest BCUT2D eigenvalue weighted by Crippen LogP contribution is -2.54. The van der Waals surface area contributed by atoms with Crippen LogP contribution < -0.4 is 5.32 Å². The molecule has 3 nitrogen and oxygen atoms in total. The molecule has 0 bridgehead atoms. The number of likely N-dealkylation sites (N-methyl/N-ethyl adjacent to an activating group) is 1. The van der Waals surface area contributed by atoms with Gasteiger partial charge in [0.25, 0.3) is 0 Å². The van der Waals surface area contributed by atoms with E-state index in [0.29, 0.717) is 0 Å². The van der Waals surface area contributed by atoms with Crippen LogP contribution >= 0.6 is 11.3 Å². The first-order valence-electron chi connectivity index (χ1n) is 8.20. The predicted molar refractivity (Wildman–Crippen MR) is 83.3 cm³/mol. The minimum absolute atomic E-state index is 0.149. The van der Waals surface area contributed by atoms with E-state index in [9.17, 15) is 0 Å². The number of rotatable bonds is 3. The molecule has 2 fully saturated rings. The topological polar surface area (TPSA) is 28.2 Å². The summed E-state index contributed by atoms with van der Waals surface area (Å²) in [4.78, 5) is 9.16. The highest BCUT2D eigenvalue weighted by Gasteiger charge is 2.42. The second-order valence-corrected chi connectivity index (χ2v) is 8.02. The first kappa shape index (κ1) is 13.2. The van der Waals surface area contributed by atoms with E-state index in [1.807, 2.05) is 11.3 Å². The SMILES string of the molecule is CN1CCCC(NC2CC2)(c2nc3c(s2)CCCC3)C1. The van der Waals surface area contributed by atoms with Gasteiger partial charge >= 0.3 is 0 Å². The molecule has 3 aliphatic rings. The zero-order valence-corrected chi connectivity index (χ0v) is 13.3. The van der Waals surface area contributed by atoms with Gasteiger partial charge in [0.05, 0.1) is 11.2 Å². The van der Waals surface area contributed by atoms with Crippen molar-refractivity contribution in [3.8, 4) is 0 Å². The van der Waals surface area contributed by atoms with Gasteiger partial charge in [0.2, 0.25) is 0 Å². The van der Waals surface area contributed by atoms with E-state index in [-0.39, 0.29) is 5.54 Å². The number of likely N-dealkylation sites (tertiary alicyclic amines) is 1. The minimum atomic E-state index is 0.149. The summed E-state index contributed by atoms with van der Waals surface area (Å²) in [6, 6.07) is 0.752. The molecule has 4 heteroatoms. The molecular formula is C16H25N3S. The third-order valence-corrected chi connectivity index (χ3v) is 6.36. The highest BCUT2D eigenvalue weighted by molar-refractivity contribution is 7.11. The summed E-state index contributed by atoms with van der Waals surface area (Å²) in [5.74, 6) is 0. The fourth-order valence-corrected chi connectivity index (χ4v) is 5.12. The minimum Gasteiger partial charge on any atom is -0.304 e. The highest BCUT2D eigenvalue weighted by Crippen LogP contribution is 2.39. The maximum absolute atomic E-state index is 5.09. The Morgan fingerprint density at radius 2 is 2.10 bits per heavy atom. The molecule has 1 unspecified atom stereocenters. The zero-order chi connectivity index (χ0) is 13.6. The highest BCUT2D eigenvalue weighted by atomic mass is 32.1. The van der Waals surface area contributed by atoms with Crippen molar-refractivity contribution in [1.29, 1.82) is 0 Å². The molecule has 20 heavy (non-hydrogen) atoms. The molecule has 4 rings (SSSR count). The fraction of sp³-hybridized carbons (Fsp3) is 0.812. The van der Waals surface area contributed by atoms with Crippen LogP contribution in [0.4, 0.5) is 0 Å². The van der Waals surface area contributed by atoms with E-state index in [1.54, 1.807) is 4.88 Å². The summed E-state index contributed by atoms with van der Waals surface area (Å²) in [6.07, 6.45) is 10.4. The zero-order valence-electron chi connectivity index (χ0n) is 12.5. The van der Waals surface area contributed by atoms with E-state index in [0.717, 1.165) is 12.6 Å². The van der Waals surface area contributed by atoms with Crippen LogP contribution in [0.15, 0.2) is 0 Å². The van der Waals surface area contributed by atoms with Crippen molar-refractivity contribution in [3.05, 3.63) is 15.6 Å². The molecule has 0 amide bonds. The average molecular weight is 291 g/mol. The van der Waals surface area contributed by atoms with Crippen molar-refractivity contribution >= 4 is 11.3 Å². The van der Waals surface area contributed by atoms with Gasteiger partial charge in [0, 0.05) is 17.5 Å². The van der Waals surface area contributed by atoms with Gasteiger partial charge in [-0.15, -0.1) is 11.3 Å². The Kier molecular flexibility index (Phi) is 3.36. The van der Waals surface area contributed by atoms with Crippen molar-refractivity contribution in [3.63, 3.8) is 0 Å². The molecule has 0 radical (unpaired) electrons. The molecule has 0 spiro atoms. The van der Waals surface area contributed by atoms with Crippen LogP contribution in [-0.2, 0) is 18.4 Å². The van der Waals surface area contributed by atoms with E-state index in [4.69, 9.17) is 4.98 Å². The van der Waals surface area contributed by atoms with E-state index < -0.39 is 0 Å².